The fourth-order valence-electron chi connectivity index (χ4n) is 0. The van der Waals surface area contributed by atoms with E-state index < -0.39 is 26.0 Å². The van der Waals surface area contributed by atoms with Crippen LogP contribution >= 0.6 is 0 Å². The largest absolute Gasteiger partial charge is 0.0651 e. The van der Waals surface area contributed by atoms with Gasteiger partial charge < -0.3 is 0 Å². The second-order valence-electron chi connectivity index (χ2n) is 0.722. The Bertz CT molecular complexity index is 135. The van der Waals surface area contributed by atoms with Crippen molar-refractivity contribution < 1.29 is 11.0 Å². The lowest BCUT2D eigenvalue weighted by Crippen LogP contribution is -1.77. The van der Waals surface area contributed by atoms with E-state index in [-0.39, 0.29) is 0 Å². The van der Waals surface area contributed by atoms with E-state index >= 15 is 0 Å². The molecule has 0 unspecified atom stereocenters. The van der Waals surface area contributed by atoms with Gasteiger partial charge in [0.05, 0.1) is 0 Å². The van der Waals surface area contributed by atoms with Gasteiger partial charge in [0.15, 0.2) is 0 Å². The molecule has 0 radical (unpaired) electrons. The molecule has 0 aliphatic carbocycles. The standard InChI is InChI=1S/C5H12/c1-4-5(2)3/h5H,4H2,1-3H3/i2D3,3D3,4D2. The molecular weight excluding hydrogens is 60.1 g/mol. The average Bonchev–Trinajstić information content (AvgIpc) is 1.44. The minimum Gasteiger partial charge on any atom is -0.0651 e. The molecule has 0 aliphatic heterocycles. The molecule has 0 fully saturated rings. The zero-order valence-corrected chi connectivity index (χ0v) is 3.08. The molecule has 0 saturated carbocycles. The zero-order valence-electron chi connectivity index (χ0n) is 11.1. The van der Waals surface area contributed by atoms with Gasteiger partial charge in [-0.3, -0.25) is 0 Å². The molecule has 0 heterocycles. The van der Waals surface area contributed by atoms with Gasteiger partial charge in [0.1, 0.15) is 0 Å². The van der Waals surface area contributed by atoms with Gasteiger partial charge in [-0.2, -0.15) is 0 Å². The number of hydrogen-bond acceptors (Lipinski definition) is 0. The van der Waals surface area contributed by atoms with Gasteiger partial charge in [0.25, 0.3) is 0 Å². The summed E-state index contributed by atoms with van der Waals surface area (Å²) in [5.41, 5.74) is 0. The summed E-state index contributed by atoms with van der Waals surface area (Å²) in [4.78, 5) is 0. The number of rotatable bonds is 1. The van der Waals surface area contributed by atoms with Crippen molar-refractivity contribution in [3.8, 4) is 0 Å². The Morgan fingerprint density at radius 1 is 2.00 bits per heavy atom. The van der Waals surface area contributed by atoms with Crippen LogP contribution < -0.4 is 0 Å². The average molecular weight is 80.2 g/mol. The molecule has 0 rings (SSSR count). The van der Waals surface area contributed by atoms with Gasteiger partial charge in [-0.1, -0.05) is 27.0 Å². The van der Waals surface area contributed by atoms with Crippen LogP contribution in [0.15, 0.2) is 0 Å². The molecule has 0 heteroatoms. The van der Waals surface area contributed by atoms with Gasteiger partial charge in [-0.05, 0) is 5.92 Å². The SMILES string of the molecule is [2H]C([2H])([2H])C(C([2H])([2H])[2H])C([2H])([2H])C. The summed E-state index contributed by atoms with van der Waals surface area (Å²) in [6.45, 7) is -4.64. The smallest absolute Gasteiger partial charge is 0.0266 e. The van der Waals surface area contributed by atoms with Crippen LogP contribution in [-0.2, 0) is 0 Å². The fraction of sp³-hybridized carbons (Fsp3) is 1.00. The van der Waals surface area contributed by atoms with E-state index in [4.69, 9.17) is 11.0 Å². The van der Waals surface area contributed by atoms with Crippen LogP contribution in [0, 0.1) is 5.92 Å². The number of hydrogen-bond donors (Lipinski definition) is 0. The van der Waals surface area contributed by atoms with Crippen molar-refractivity contribution in [1.29, 1.82) is 0 Å². The van der Waals surface area contributed by atoms with E-state index in [1.165, 1.54) is 0 Å². The van der Waals surface area contributed by atoms with Gasteiger partial charge in [0, 0.05) is 11.0 Å². The summed E-state index contributed by atoms with van der Waals surface area (Å²) in [6.07, 6.45) is -2.24. The quantitative estimate of drug-likeness (QED) is 0.452. The van der Waals surface area contributed by atoms with Crippen molar-refractivity contribution in [3.63, 3.8) is 0 Å². The van der Waals surface area contributed by atoms with E-state index in [0.29, 0.717) is 0 Å². The van der Waals surface area contributed by atoms with E-state index in [1.807, 2.05) is 0 Å². The zero-order chi connectivity index (χ0) is 11.1. The highest BCUT2D eigenvalue weighted by Crippen LogP contribution is 1.93. The topological polar surface area (TPSA) is 0 Å². The first-order valence-electron chi connectivity index (χ1n) is 5.37. The van der Waals surface area contributed by atoms with E-state index in [0.717, 1.165) is 6.92 Å². The highest BCUT2D eigenvalue weighted by atomic mass is 13.9. The van der Waals surface area contributed by atoms with Crippen LogP contribution in [-0.4, -0.2) is 0 Å². The lowest BCUT2D eigenvalue weighted by Gasteiger charge is -1.90. The minimum atomic E-state index is -2.80. The molecule has 0 amide bonds. The van der Waals surface area contributed by atoms with Crippen LogP contribution in [0.1, 0.15) is 38.0 Å². The third-order valence-electron chi connectivity index (χ3n) is 0.289. The van der Waals surface area contributed by atoms with Gasteiger partial charge in [0.2, 0.25) is 0 Å². The highest BCUT2D eigenvalue weighted by molar-refractivity contribution is 4.32. The van der Waals surface area contributed by atoms with E-state index in [2.05, 4.69) is 0 Å². The summed E-state index contributed by atoms with van der Waals surface area (Å²) in [5.74, 6) is -1.94. The first-order chi connectivity index (χ1) is 5.37. The van der Waals surface area contributed by atoms with Crippen LogP contribution in [0.2, 0.25) is 0 Å². The lowest BCUT2D eigenvalue weighted by molar-refractivity contribution is 0.626. The third kappa shape index (κ3) is 4.00. The molecule has 0 aromatic heterocycles. The monoisotopic (exact) mass is 80.1 g/mol. The molecule has 0 nitrogen and oxygen atoms in total. The maximum atomic E-state index is 7.15. The summed E-state index contributed by atoms with van der Waals surface area (Å²) >= 11 is 0. The second-order valence-corrected chi connectivity index (χ2v) is 0.722. The Kier molecular flexibility index (Phi) is 0.250. The summed E-state index contributed by atoms with van der Waals surface area (Å²) in [7, 11) is 0. The second kappa shape index (κ2) is 2.25. The summed E-state index contributed by atoms with van der Waals surface area (Å²) in [5, 5.41) is 0. The molecule has 0 spiro atoms. The first-order valence-corrected chi connectivity index (χ1v) is 1.37. The van der Waals surface area contributed by atoms with Crippen molar-refractivity contribution >= 4 is 0 Å². The van der Waals surface area contributed by atoms with Gasteiger partial charge >= 0.3 is 0 Å². The van der Waals surface area contributed by atoms with Crippen LogP contribution in [0.5, 0.6) is 0 Å². The molecule has 0 N–H and O–H groups in total. The Morgan fingerprint density at radius 2 is 2.60 bits per heavy atom. The normalized spacial score (nSPS) is 41.2. The Morgan fingerprint density at radius 3 is 2.60 bits per heavy atom. The van der Waals surface area contributed by atoms with Crippen molar-refractivity contribution in [2.75, 3.05) is 0 Å². The molecule has 0 aromatic carbocycles. The van der Waals surface area contributed by atoms with Crippen molar-refractivity contribution in [1.82, 2.24) is 0 Å². The van der Waals surface area contributed by atoms with Crippen LogP contribution in [0.25, 0.3) is 0 Å². The highest BCUT2D eigenvalue weighted by Gasteiger charge is 1.80. The Labute approximate surface area is 45.4 Å². The summed E-state index contributed by atoms with van der Waals surface area (Å²) < 4.78 is 55.9. The summed E-state index contributed by atoms with van der Waals surface area (Å²) in [6, 6.07) is 0. The van der Waals surface area contributed by atoms with Crippen molar-refractivity contribution in [2.24, 2.45) is 5.92 Å². The van der Waals surface area contributed by atoms with Crippen LogP contribution in [0.4, 0.5) is 0 Å². The molecule has 5 heavy (non-hydrogen) atoms. The molecule has 0 bridgehead atoms. The predicted molar refractivity (Wildman–Crippen MR) is 25.1 cm³/mol. The van der Waals surface area contributed by atoms with Crippen molar-refractivity contribution in [2.45, 2.75) is 27.0 Å². The lowest BCUT2D eigenvalue weighted by atomic mass is 10.2. The van der Waals surface area contributed by atoms with E-state index in [9.17, 15) is 0 Å². The third-order valence-corrected chi connectivity index (χ3v) is 0.289. The van der Waals surface area contributed by atoms with Crippen molar-refractivity contribution in [3.05, 3.63) is 0 Å². The maximum Gasteiger partial charge on any atom is 0.0266 e. The molecular formula is C5H12. The minimum absolute atomic E-state index is 0.969. The predicted octanol–water partition coefficient (Wildman–Crippen LogP) is 2.05. The fourth-order valence-corrected chi connectivity index (χ4v) is 0. The van der Waals surface area contributed by atoms with E-state index in [1.54, 1.807) is 0 Å². The maximum absolute atomic E-state index is 7.15. The molecule has 0 aromatic rings. The van der Waals surface area contributed by atoms with Gasteiger partial charge in [-0.25, -0.2) is 0 Å². The molecule has 0 atom stereocenters. The molecule has 32 valence electrons. The molecule has 0 aliphatic rings. The van der Waals surface area contributed by atoms with Gasteiger partial charge in [-0.15, -0.1) is 0 Å². The molecule has 0 saturated heterocycles. The first kappa shape index (κ1) is 0.556. The Hall–Kier alpha value is 0. The Balaban J connectivity index is 5.02. The van der Waals surface area contributed by atoms with Crippen LogP contribution in [0.3, 0.4) is 0 Å².